The second-order valence-corrected chi connectivity index (χ2v) is 4.48. The van der Waals surface area contributed by atoms with Crippen LogP contribution in [-0.2, 0) is 6.54 Å². The molecule has 16 heavy (non-hydrogen) atoms. The monoisotopic (exact) mass is 297 g/mol. The van der Waals surface area contributed by atoms with Crippen molar-refractivity contribution in [1.29, 1.82) is 0 Å². The van der Waals surface area contributed by atoms with E-state index in [4.69, 9.17) is 0 Å². The highest BCUT2D eigenvalue weighted by Gasteiger charge is 2.29. The van der Waals surface area contributed by atoms with Gasteiger partial charge in [0.2, 0.25) is 0 Å². The van der Waals surface area contributed by atoms with Crippen LogP contribution >= 0.6 is 15.9 Å². The van der Waals surface area contributed by atoms with Crippen LogP contribution in [0, 0.1) is 0 Å². The molecule has 0 saturated carbocycles. The number of benzene rings is 1. The molecule has 1 aromatic rings. The molecule has 0 bridgehead atoms. The fourth-order valence-corrected chi connectivity index (χ4v) is 1.74. The number of hydrogen-bond acceptors (Lipinski definition) is 2. The van der Waals surface area contributed by atoms with E-state index >= 15 is 0 Å². The standard InChI is InChI=1S/C10H11BrF3NO/c1-15(6-10(12,13)14)5-7-4-8(11)2-3-9(7)16/h2-4,16H,5-6H2,1H3. The van der Waals surface area contributed by atoms with Gasteiger partial charge in [-0.1, -0.05) is 15.9 Å². The van der Waals surface area contributed by atoms with Crippen LogP contribution in [0.25, 0.3) is 0 Å². The van der Waals surface area contributed by atoms with Gasteiger partial charge in [0, 0.05) is 16.6 Å². The van der Waals surface area contributed by atoms with Gasteiger partial charge in [-0.05, 0) is 25.2 Å². The molecule has 1 aromatic carbocycles. The lowest BCUT2D eigenvalue weighted by Gasteiger charge is -2.19. The molecule has 90 valence electrons. The van der Waals surface area contributed by atoms with Crippen molar-refractivity contribution in [3.8, 4) is 5.75 Å². The summed E-state index contributed by atoms with van der Waals surface area (Å²) < 4.78 is 36.9. The molecule has 0 radical (unpaired) electrons. The third kappa shape index (κ3) is 4.40. The largest absolute Gasteiger partial charge is 0.508 e. The molecular weight excluding hydrogens is 287 g/mol. The van der Waals surface area contributed by atoms with E-state index < -0.39 is 12.7 Å². The van der Waals surface area contributed by atoms with Crippen LogP contribution in [0.1, 0.15) is 5.56 Å². The maximum atomic E-state index is 12.1. The van der Waals surface area contributed by atoms with Gasteiger partial charge in [-0.25, -0.2) is 0 Å². The van der Waals surface area contributed by atoms with E-state index in [1.807, 2.05) is 0 Å². The number of aromatic hydroxyl groups is 1. The molecule has 0 heterocycles. The van der Waals surface area contributed by atoms with Crippen molar-refractivity contribution in [3.63, 3.8) is 0 Å². The van der Waals surface area contributed by atoms with E-state index in [-0.39, 0.29) is 12.3 Å². The Morgan fingerprint density at radius 2 is 2.00 bits per heavy atom. The minimum Gasteiger partial charge on any atom is -0.508 e. The molecule has 6 heteroatoms. The smallest absolute Gasteiger partial charge is 0.401 e. The van der Waals surface area contributed by atoms with Crippen LogP contribution in [0.5, 0.6) is 5.75 Å². The van der Waals surface area contributed by atoms with Crippen molar-refractivity contribution < 1.29 is 18.3 Å². The predicted octanol–water partition coefficient (Wildman–Crippen LogP) is 3.15. The minimum absolute atomic E-state index is 0.00257. The second-order valence-electron chi connectivity index (χ2n) is 3.56. The van der Waals surface area contributed by atoms with Crippen LogP contribution in [0.3, 0.4) is 0 Å². The van der Waals surface area contributed by atoms with Crippen molar-refractivity contribution in [3.05, 3.63) is 28.2 Å². The first kappa shape index (κ1) is 13.3. The van der Waals surface area contributed by atoms with Crippen LogP contribution in [0.15, 0.2) is 22.7 Å². The Labute approximate surface area is 99.8 Å². The van der Waals surface area contributed by atoms with Crippen molar-refractivity contribution in [2.75, 3.05) is 13.6 Å². The van der Waals surface area contributed by atoms with E-state index in [0.717, 1.165) is 9.37 Å². The van der Waals surface area contributed by atoms with Crippen molar-refractivity contribution in [2.45, 2.75) is 12.7 Å². The number of phenolic OH excluding ortho intramolecular Hbond substituents is 1. The SMILES string of the molecule is CN(Cc1cc(Br)ccc1O)CC(F)(F)F. The Kier molecular flexibility index (Phi) is 4.21. The molecule has 0 aromatic heterocycles. The van der Waals surface area contributed by atoms with Crippen LogP contribution in [0.2, 0.25) is 0 Å². The molecule has 0 saturated heterocycles. The summed E-state index contributed by atoms with van der Waals surface area (Å²) in [5.41, 5.74) is 0.459. The first-order valence-corrected chi connectivity index (χ1v) is 5.30. The number of nitrogens with zero attached hydrogens (tertiary/aromatic N) is 1. The predicted molar refractivity (Wildman–Crippen MR) is 58.2 cm³/mol. The van der Waals surface area contributed by atoms with E-state index in [1.165, 1.54) is 13.1 Å². The fourth-order valence-electron chi connectivity index (χ4n) is 1.33. The maximum Gasteiger partial charge on any atom is 0.401 e. The van der Waals surface area contributed by atoms with Gasteiger partial charge in [-0.2, -0.15) is 13.2 Å². The highest BCUT2D eigenvalue weighted by Crippen LogP contribution is 2.24. The molecule has 0 fully saturated rings. The molecule has 0 atom stereocenters. The average Bonchev–Trinajstić information content (AvgIpc) is 2.08. The first-order chi connectivity index (χ1) is 7.28. The number of rotatable bonds is 3. The van der Waals surface area contributed by atoms with Gasteiger partial charge in [0.1, 0.15) is 5.75 Å². The van der Waals surface area contributed by atoms with E-state index in [0.29, 0.717) is 5.56 Å². The van der Waals surface area contributed by atoms with Crippen molar-refractivity contribution in [2.24, 2.45) is 0 Å². The highest BCUT2D eigenvalue weighted by molar-refractivity contribution is 9.10. The Bertz CT molecular complexity index is 368. The first-order valence-electron chi connectivity index (χ1n) is 4.50. The van der Waals surface area contributed by atoms with Crippen molar-refractivity contribution in [1.82, 2.24) is 4.90 Å². The lowest BCUT2D eigenvalue weighted by atomic mass is 10.2. The summed E-state index contributed by atoms with van der Waals surface area (Å²) >= 11 is 3.20. The average molecular weight is 298 g/mol. The topological polar surface area (TPSA) is 23.5 Å². The molecule has 0 spiro atoms. The summed E-state index contributed by atoms with van der Waals surface area (Å²) in [6, 6.07) is 4.67. The quantitative estimate of drug-likeness (QED) is 0.926. The number of hydrogen-bond donors (Lipinski definition) is 1. The molecule has 1 rings (SSSR count). The zero-order valence-corrected chi connectivity index (χ0v) is 10.1. The summed E-state index contributed by atoms with van der Waals surface area (Å²) in [4.78, 5) is 1.10. The number of phenols is 1. The molecule has 0 amide bonds. The lowest BCUT2D eigenvalue weighted by molar-refractivity contribution is -0.144. The number of halogens is 4. The molecule has 0 aliphatic rings. The van der Waals surface area contributed by atoms with Gasteiger partial charge >= 0.3 is 6.18 Å². The Morgan fingerprint density at radius 3 is 2.56 bits per heavy atom. The number of alkyl halides is 3. The Hall–Kier alpha value is -0.750. The fraction of sp³-hybridized carbons (Fsp3) is 0.400. The maximum absolute atomic E-state index is 12.1. The van der Waals surface area contributed by atoms with Gasteiger partial charge < -0.3 is 5.11 Å². The van der Waals surface area contributed by atoms with Crippen LogP contribution in [0.4, 0.5) is 13.2 Å². The van der Waals surface area contributed by atoms with Crippen LogP contribution < -0.4 is 0 Å². The van der Waals surface area contributed by atoms with Gasteiger partial charge in [0.15, 0.2) is 0 Å². The lowest BCUT2D eigenvalue weighted by Crippen LogP contribution is -2.30. The zero-order valence-electron chi connectivity index (χ0n) is 8.55. The Morgan fingerprint density at radius 1 is 1.38 bits per heavy atom. The van der Waals surface area contributed by atoms with E-state index in [2.05, 4.69) is 15.9 Å². The van der Waals surface area contributed by atoms with Crippen molar-refractivity contribution >= 4 is 15.9 Å². The summed E-state index contributed by atoms with van der Waals surface area (Å²) in [7, 11) is 1.35. The molecule has 2 nitrogen and oxygen atoms in total. The van der Waals surface area contributed by atoms with E-state index in [9.17, 15) is 18.3 Å². The summed E-state index contributed by atoms with van der Waals surface area (Å²) in [6.07, 6.45) is -4.23. The normalized spacial score (nSPS) is 12.1. The van der Waals surface area contributed by atoms with Gasteiger partial charge in [0.05, 0.1) is 6.54 Å². The van der Waals surface area contributed by atoms with Crippen LogP contribution in [-0.4, -0.2) is 29.8 Å². The molecular formula is C10H11BrF3NO. The molecule has 0 unspecified atom stereocenters. The summed E-state index contributed by atoms with van der Waals surface area (Å²) in [5.74, 6) is -0.00257. The molecule has 0 aliphatic carbocycles. The summed E-state index contributed by atoms with van der Waals surface area (Å²) in [5, 5.41) is 9.45. The molecule has 1 N–H and O–H groups in total. The van der Waals surface area contributed by atoms with Gasteiger partial charge in [-0.3, -0.25) is 4.90 Å². The minimum atomic E-state index is -4.23. The van der Waals surface area contributed by atoms with Gasteiger partial charge in [0.25, 0.3) is 0 Å². The second kappa shape index (κ2) is 5.05. The highest BCUT2D eigenvalue weighted by atomic mass is 79.9. The zero-order chi connectivity index (χ0) is 12.3. The Balaban J connectivity index is 2.69. The third-order valence-electron chi connectivity index (χ3n) is 1.93. The molecule has 0 aliphatic heterocycles. The summed E-state index contributed by atoms with van der Waals surface area (Å²) in [6.45, 7) is -0.955. The van der Waals surface area contributed by atoms with E-state index in [1.54, 1.807) is 12.1 Å². The third-order valence-corrected chi connectivity index (χ3v) is 2.42. The van der Waals surface area contributed by atoms with Gasteiger partial charge in [-0.15, -0.1) is 0 Å².